The molecule has 0 saturated carbocycles. The van der Waals surface area contributed by atoms with E-state index >= 15 is 0 Å². The molecule has 0 atom stereocenters. The van der Waals surface area contributed by atoms with Crippen molar-refractivity contribution < 1.29 is 19.2 Å². The number of nitrogens with zero attached hydrogens (tertiary/aromatic N) is 3. The average Bonchev–Trinajstić information content (AvgIpc) is 2.89. The Morgan fingerprint density at radius 3 is 2.47 bits per heavy atom. The van der Waals surface area contributed by atoms with Gasteiger partial charge in [-0.2, -0.15) is 0 Å². The molecule has 0 spiro atoms. The molecule has 0 aliphatic carbocycles. The predicted octanol–water partition coefficient (Wildman–Crippen LogP) is 3.43. The molecule has 2 saturated heterocycles. The summed E-state index contributed by atoms with van der Waals surface area (Å²) >= 11 is 5.27. The standard InChI is InChI=1S/C25H29N5O5S/c1-17-7-9-28(10-8-17)21-6-5-18(16-22(21)30(33)34)23(31)27-25(36)26-20-4-2-3-19(15-20)24(32)29-11-13-35-14-12-29/h2-6,15-17H,7-14H2,1H3,(H2,26,27,31,36). The second-order valence-corrected chi connectivity index (χ2v) is 9.43. The maximum Gasteiger partial charge on any atom is 0.293 e. The summed E-state index contributed by atoms with van der Waals surface area (Å²) in [4.78, 5) is 40.5. The van der Waals surface area contributed by atoms with Crippen LogP contribution in [0.4, 0.5) is 17.1 Å². The van der Waals surface area contributed by atoms with Gasteiger partial charge in [0.1, 0.15) is 5.69 Å². The number of carbonyl (C=O) groups is 2. The monoisotopic (exact) mass is 511 g/mol. The third-order valence-electron chi connectivity index (χ3n) is 6.45. The van der Waals surface area contributed by atoms with Crippen molar-refractivity contribution in [1.29, 1.82) is 0 Å². The van der Waals surface area contributed by atoms with E-state index in [9.17, 15) is 19.7 Å². The molecule has 2 aliphatic rings. The molecule has 36 heavy (non-hydrogen) atoms. The lowest BCUT2D eigenvalue weighted by atomic mass is 9.98. The Labute approximate surface area is 214 Å². The van der Waals surface area contributed by atoms with E-state index in [1.54, 1.807) is 41.3 Å². The number of ether oxygens (including phenoxy) is 1. The molecule has 2 aromatic rings. The molecule has 2 aliphatic heterocycles. The van der Waals surface area contributed by atoms with Crippen molar-refractivity contribution in [3.05, 3.63) is 63.7 Å². The number of nitro benzene ring substituents is 1. The molecule has 190 valence electrons. The number of anilines is 2. The highest BCUT2D eigenvalue weighted by Gasteiger charge is 2.25. The summed E-state index contributed by atoms with van der Waals surface area (Å²) in [5, 5.41) is 17.2. The Morgan fingerprint density at radius 1 is 1.06 bits per heavy atom. The van der Waals surface area contributed by atoms with Gasteiger partial charge in [0.05, 0.1) is 18.1 Å². The maximum absolute atomic E-state index is 12.8. The minimum atomic E-state index is -0.560. The number of benzene rings is 2. The molecule has 2 heterocycles. The first-order valence-corrected chi connectivity index (χ1v) is 12.4. The predicted molar refractivity (Wildman–Crippen MR) is 141 cm³/mol. The lowest BCUT2D eigenvalue weighted by molar-refractivity contribution is -0.384. The first-order chi connectivity index (χ1) is 17.3. The molecular formula is C25H29N5O5S. The van der Waals surface area contributed by atoms with Gasteiger partial charge in [-0.05, 0) is 61.3 Å². The van der Waals surface area contributed by atoms with Crippen LogP contribution in [0.5, 0.6) is 0 Å². The van der Waals surface area contributed by atoms with E-state index < -0.39 is 10.8 Å². The summed E-state index contributed by atoms with van der Waals surface area (Å²) in [5.41, 5.74) is 1.59. The minimum absolute atomic E-state index is 0.0210. The van der Waals surface area contributed by atoms with Crippen molar-refractivity contribution in [2.45, 2.75) is 19.8 Å². The van der Waals surface area contributed by atoms with Gasteiger partial charge in [0.15, 0.2) is 5.11 Å². The molecule has 2 amide bonds. The number of morpholine rings is 1. The van der Waals surface area contributed by atoms with Gasteiger partial charge < -0.3 is 19.9 Å². The van der Waals surface area contributed by atoms with Gasteiger partial charge in [0.25, 0.3) is 17.5 Å². The van der Waals surface area contributed by atoms with Crippen molar-refractivity contribution in [3.8, 4) is 0 Å². The van der Waals surface area contributed by atoms with Gasteiger partial charge in [-0.25, -0.2) is 0 Å². The number of nitrogens with one attached hydrogen (secondary N) is 2. The molecular weight excluding hydrogens is 482 g/mol. The van der Waals surface area contributed by atoms with Crippen LogP contribution in [0.1, 0.15) is 40.5 Å². The van der Waals surface area contributed by atoms with Crippen LogP contribution >= 0.6 is 12.2 Å². The number of thiocarbonyl (C=S) groups is 1. The van der Waals surface area contributed by atoms with Crippen LogP contribution < -0.4 is 15.5 Å². The lowest BCUT2D eigenvalue weighted by Gasteiger charge is -2.31. The topological polar surface area (TPSA) is 117 Å². The van der Waals surface area contributed by atoms with E-state index in [0.29, 0.717) is 49.2 Å². The normalized spacial score (nSPS) is 16.4. The van der Waals surface area contributed by atoms with Crippen LogP contribution in [0.25, 0.3) is 0 Å². The molecule has 2 N–H and O–H groups in total. The van der Waals surface area contributed by atoms with E-state index in [4.69, 9.17) is 17.0 Å². The fraction of sp³-hybridized carbons (Fsp3) is 0.400. The molecule has 11 heteroatoms. The average molecular weight is 512 g/mol. The van der Waals surface area contributed by atoms with Crippen molar-refractivity contribution in [1.82, 2.24) is 10.2 Å². The number of amides is 2. The van der Waals surface area contributed by atoms with Crippen molar-refractivity contribution in [2.24, 2.45) is 5.92 Å². The summed E-state index contributed by atoms with van der Waals surface area (Å²) in [6, 6.07) is 11.3. The zero-order valence-corrected chi connectivity index (χ0v) is 20.9. The Morgan fingerprint density at radius 2 is 1.78 bits per heavy atom. The number of carbonyl (C=O) groups excluding carboxylic acids is 2. The fourth-order valence-electron chi connectivity index (χ4n) is 4.34. The lowest BCUT2D eigenvalue weighted by Crippen LogP contribution is -2.40. The third-order valence-corrected chi connectivity index (χ3v) is 6.66. The minimum Gasteiger partial charge on any atom is -0.378 e. The molecule has 4 rings (SSSR count). The number of rotatable bonds is 5. The summed E-state index contributed by atoms with van der Waals surface area (Å²) in [6.45, 7) is 5.75. The van der Waals surface area contributed by atoms with Crippen LogP contribution in [0.2, 0.25) is 0 Å². The molecule has 0 unspecified atom stereocenters. The van der Waals surface area contributed by atoms with Gasteiger partial charge >= 0.3 is 0 Å². The Hall–Kier alpha value is -3.57. The molecule has 0 aromatic heterocycles. The number of piperidine rings is 1. The Balaban J connectivity index is 1.41. The number of nitro groups is 1. The highest BCUT2D eigenvalue weighted by Crippen LogP contribution is 2.32. The summed E-state index contributed by atoms with van der Waals surface area (Å²) < 4.78 is 5.29. The molecule has 2 aromatic carbocycles. The maximum atomic E-state index is 12.8. The first-order valence-electron chi connectivity index (χ1n) is 11.9. The van der Waals surface area contributed by atoms with Gasteiger partial charge in [-0.1, -0.05) is 13.0 Å². The Kier molecular flexibility index (Phi) is 8.11. The second-order valence-electron chi connectivity index (χ2n) is 9.02. The summed E-state index contributed by atoms with van der Waals surface area (Å²) in [7, 11) is 0. The zero-order valence-electron chi connectivity index (χ0n) is 20.1. The van der Waals surface area contributed by atoms with Crippen LogP contribution in [0.15, 0.2) is 42.5 Å². The van der Waals surface area contributed by atoms with Gasteiger partial charge in [-0.15, -0.1) is 0 Å². The van der Waals surface area contributed by atoms with Crippen molar-refractivity contribution in [2.75, 3.05) is 49.6 Å². The summed E-state index contributed by atoms with van der Waals surface area (Å²) in [6.07, 6.45) is 1.94. The molecule has 2 fully saturated rings. The van der Waals surface area contributed by atoms with Crippen molar-refractivity contribution >= 4 is 46.2 Å². The van der Waals surface area contributed by atoms with Crippen LogP contribution in [0, 0.1) is 16.0 Å². The fourth-order valence-corrected chi connectivity index (χ4v) is 4.55. The summed E-state index contributed by atoms with van der Waals surface area (Å²) in [5.74, 6) is -0.0699. The van der Waals surface area contributed by atoms with E-state index in [1.165, 1.54) is 6.07 Å². The van der Waals surface area contributed by atoms with Crippen LogP contribution in [-0.2, 0) is 4.74 Å². The number of hydrogen-bond acceptors (Lipinski definition) is 7. The van der Waals surface area contributed by atoms with Gasteiger partial charge in [0, 0.05) is 49.1 Å². The quantitative estimate of drug-likeness (QED) is 0.356. The Bertz CT molecular complexity index is 1160. The highest BCUT2D eigenvalue weighted by molar-refractivity contribution is 7.80. The van der Waals surface area contributed by atoms with E-state index in [2.05, 4.69) is 17.6 Å². The largest absolute Gasteiger partial charge is 0.378 e. The van der Waals surface area contributed by atoms with Crippen LogP contribution in [0.3, 0.4) is 0 Å². The second kappa shape index (κ2) is 11.4. The SMILES string of the molecule is CC1CCN(c2ccc(C(=O)NC(=S)Nc3cccc(C(=O)N4CCOCC4)c3)cc2[N+](=O)[O-])CC1. The smallest absolute Gasteiger partial charge is 0.293 e. The molecule has 0 bridgehead atoms. The first kappa shape index (κ1) is 25.5. The van der Waals surface area contributed by atoms with E-state index in [0.717, 1.165) is 25.9 Å². The molecule has 10 nitrogen and oxygen atoms in total. The van der Waals surface area contributed by atoms with E-state index in [-0.39, 0.29) is 22.3 Å². The van der Waals surface area contributed by atoms with Gasteiger partial charge in [-0.3, -0.25) is 25.0 Å². The third kappa shape index (κ3) is 6.16. The zero-order chi connectivity index (χ0) is 25.7. The van der Waals surface area contributed by atoms with Crippen molar-refractivity contribution in [3.63, 3.8) is 0 Å². The van der Waals surface area contributed by atoms with Crippen LogP contribution in [-0.4, -0.2) is 66.1 Å². The van der Waals surface area contributed by atoms with Gasteiger partial charge in [0.2, 0.25) is 0 Å². The molecule has 0 radical (unpaired) electrons. The number of hydrogen-bond donors (Lipinski definition) is 2. The van der Waals surface area contributed by atoms with E-state index in [1.807, 2.05) is 4.90 Å². The highest BCUT2D eigenvalue weighted by atomic mass is 32.1.